The number of nitrogens with zero attached hydrogens (tertiary/aromatic N) is 1. The number of nitrogens with one attached hydrogen (secondary N) is 1. The van der Waals surface area contributed by atoms with Crippen LogP contribution in [0.25, 0.3) is 0 Å². The van der Waals surface area contributed by atoms with Crippen molar-refractivity contribution in [1.29, 1.82) is 0 Å². The van der Waals surface area contributed by atoms with Gasteiger partial charge in [0.1, 0.15) is 5.82 Å². The molecule has 0 aliphatic carbocycles. The highest BCUT2D eigenvalue weighted by Crippen LogP contribution is 2.15. The Morgan fingerprint density at radius 3 is 2.65 bits per heavy atom. The standard InChI is InChI=1S/C16H26ClFN2/c1-4-20(5-2)10-6-7-13(3)19-12-14-11-15(17)8-9-16(14)18/h8-9,11,13,19H,4-7,10,12H2,1-3H3. The maximum Gasteiger partial charge on any atom is 0.127 e. The average molecular weight is 301 g/mol. The van der Waals surface area contributed by atoms with Crippen LogP contribution in [-0.2, 0) is 6.54 Å². The van der Waals surface area contributed by atoms with Gasteiger partial charge in [0.15, 0.2) is 0 Å². The van der Waals surface area contributed by atoms with Crippen LogP contribution in [0, 0.1) is 5.82 Å². The highest BCUT2D eigenvalue weighted by atomic mass is 35.5. The van der Waals surface area contributed by atoms with E-state index in [0.29, 0.717) is 23.2 Å². The summed E-state index contributed by atoms with van der Waals surface area (Å²) in [5.41, 5.74) is 0.632. The van der Waals surface area contributed by atoms with Crippen LogP contribution in [0.1, 0.15) is 39.2 Å². The summed E-state index contributed by atoms with van der Waals surface area (Å²) in [4.78, 5) is 2.42. The first-order valence-electron chi connectivity index (χ1n) is 7.46. The smallest absolute Gasteiger partial charge is 0.127 e. The molecule has 0 saturated carbocycles. The Morgan fingerprint density at radius 1 is 1.30 bits per heavy atom. The highest BCUT2D eigenvalue weighted by molar-refractivity contribution is 6.30. The molecule has 114 valence electrons. The van der Waals surface area contributed by atoms with Crippen molar-refractivity contribution in [3.8, 4) is 0 Å². The molecule has 0 aromatic heterocycles. The molecule has 4 heteroatoms. The van der Waals surface area contributed by atoms with Crippen molar-refractivity contribution >= 4 is 11.6 Å². The van der Waals surface area contributed by atoms with Crippen LogP contribution in [0.5, 0.6) is 0 Å². The molecular formula is C16H26ClFN2. The van der Waals surface area contributed by atoms with E-state index in [4.69, 9.17) is 11.6 Å². The number of rotatable bonds is 9. The summed E-state index contributed by atoms with van der Waals surface area (Å²) < 4.78 is 13.6. The SMILES string of the molecule is CCN(CC)CCCC(C)NCc1cc(Cl)ccc1F. The molecular weight excluding hydrogens is 275 g/mol. The van der Waals surface area contributed by atoms with Gasteiger partial charge in [0, 0.05) is 23.2 Å². The second kappa shape index (κ2) is 9.32. The molecule has 0 heterocycles. The van der Waals surface area contributed by atoms with Crippen molar-refractivity contribution in [3.05, 3.63) is 34.6 Å². The molecule has 0 aliphatic heterocycles. The molecule has 0 aliphatic rings. The van der Waals surface area contributed by atoms with Crippen LogP contribution in [0.2, 0.25) is 5.02 Å². The molecule has 20 heavy (non-hydrogen) atoms. The van der Waals surface area contributed by atoms with E-state index in [1.54, 1.807) is 12.1 Å². The first-order valence-corrected chi connectivity index (χ1v) is 7.84. The minimum atomic E-state index is -0.197. The monoisotopic (exact) mass is 300 g/mol. The van der Waals surface area contributed by atoms with Gasteiger partial charge in [-0.25, -0.2) is 4.39 Å². The van der Waals surface area contributed by atoms with Crippen molar-refractivity contribution < 1.29 is 4.39 Å². The van der Waals surface area contributed by atoms with Gasteiger partial charge in [-0.05, 0) is 57.6 Å². The summed E-state index contributed by atoms with van der Waals surface area (Å²) in [6.07, 6.45) is 2.26. The summed E-state index contributed by atoms with van der Waals surface area (Å²) >= 11 is 5.88. The molecule has 2 nitrogen and oxygen atoms in total. The van der Waals surface area contributed by atoms with E-state index >= 15 is 0 Å². The van der Waals surface area contributed by atoms with Gasteiger partial charge in [-0.2, -0.15) is 0 Å². The van der Waals surface area contributed by atoms with Crippen molar-refractivity contribution in [2.24, 2.45) is 0 Å². The first kappa shape index (κ1) is 17.4. The van der Waals surface area contributed by atoms with Crippen LogP contribution in [-0.4, -0.2) is 30.6 Å². The van der Waals surface area contributed by atoms with Crippen LogP contribution in [0.3, 0.4) is 0 Å². The van der Waals surface area contributed by atoms with Gasteiger partial charge in [0.05, 0.1) is 0 Å². The van der Waals surface area contributed by atoms with Crippen LogP contribution >= 0.6 is 11.6 Å². The van der Waals surface area contributed by atoms with Gasteiger partial charge in [-0.15, -0.1) is 0 Å². The Kier molecular flexibility index (Phi) is 8.12. The minimum Gasteiger partial charge on any atom is -0.310 e. The van der Waals surface area contributed by atoms with Crippen molar-refractivity contribution in [2.45, 2.75) is 46.2 Å². The van der Waals surface area contributed by atoms with Gasteiger partial charge in [-0.1, -0.05) is 25.4 Å². The van der Waals surface area contributed by atoms with Gasteiger partial charge in [-0.3, -0.25) is 0 Å². The van der Waals surface area contributed by atoms with E-state index in [0.717, 1.165) is 32.5 Å². The lowest BCUT2D eigenvalue weighted by molar-refractivity contribution is 0.290. The third-order valence-electron chi connectivity index (χ3n) is 3.65. The van der Waals surface area contributed by atoms with Crippen LogP contribution < -0.4 is 5.32 Å². The quantitative estimate of drug-likeness (QED) is 0.739. The fraction of sp³-hybridized carbons (Fsp3) is 0.625. The Hall–Kier alpha value is -0.640. The Balaban J connectivity index is 2.29. The van der Waals surface area contributed by atoms with E-state index in [-0.39, 0.29) is 5.82 Å². The number of hydrogen-bond acceptors (Lipinski definition) is 2. The predicted octanol–water partition coefficient (Wildman–Crippen LogP) is 4.08. The Morgan fingerprint density at radius 2 is 2.00 bits per heavy atom. The molecule has 1 atom stereocenters. The summed E-state index contributed by atoms with van der Waals surface area (Å²) in [6, 6.07) is 5.06. The molecule has 1 rings (SSSR count). The minimum absolute atomic E-state index is 0.197. The fourth-order valence-corrected chi connectivity index (χ4v) is 2.42. The largest absolute Gasteiger partial charge is 0.310 e. The number of hydrogen-bond donors (Lipinski definition) is 1. The second-order valence-electron chi connectivity index (χ2n) is 5.19. The maximum absolute atomic E-state index is 13.6. The van der Waals surface area contributed by atoms with Crippen LogP contribution in [0.15, 0.2) is 18.2 Å². The lowest BCUT2D eigenvalue weighted by Crippen LogP contribution is -2.29. The zero-order chi connectivity index (χ0) is 15.0. The number of halogens is 2. The second-order valence-corrected chi connectivity index (χ2v) is 5.62. The molecule has 1 aromatic rings. The summed E-state index contributed by atoms with van der Waals surface area (Å²) in [7, 11) is 0. The Labute approximate surface area is 127 Å². The average Bonchev–Trinajstić information content (AvgIpc) is 2.44. The zero-order valence-corrected chi connectivity index (χ0v) is 13.5. The summed E-state index contributed by atoms with van der Waals surface area (Å²) in [5.74, 6) is -0.197. The summed E-state index contributed by atoms with van der Waals surface area (Å²) in [5, 5.41) is 3.94. The van der Waals surface area contributed by atoms with Crippen molar-refractivity contribution in [3.63, 3.8) is 0 Å². The molecule has 0 radical (unpaired) electrons. The molecule has 0 bridgehead atoms. The predicted molar refractivity (Wildman–Crippen MR) is 84.7 cm³/mol. The van der Waals surface area contributed by atoms with Gasteiger partial charge < -0.3 is 10.2 Å². The van der Waals surface area contributed by atoms with Crippen LogP contribution in [0.4, 0.5) is 4.39 Å². The molecule has 1 aromatic carbocycles. The van der Waals surface area contributed by atoms with E-state index in [1.165, 1.54) is 6.07 Å². The normalized spacial score (nSPS) is 12.9. The van der Waals surface area contributed by atoms with E-state index < -0.39 is 0 Å². The molecule has 1 N–H and O–H groups in total. The topological polar surface area (TPSA) is 15.3 Å². The van der Waals surface area contributed by atoms with E-state index in [1.807, 2.05) is 0 Å². The number of benzene rings is 1. The highest BCUT2D eigenvalue weighted by Gasteiger charge is 2.07. The maximum atomic E-state index is 13.6. The van der Waals surface area contributed by atoms with Gasteiger partial charge in [0.2, 0.25) is 0 Å². The molecule has 1 unspecified atom stereocenters. The molecule has 0 spiro atoms. The third-order valence-corrected chi connectivity index (χ3v) is 3.89. The van der Waals surface area contributed by atoms with E-state index in [9.17, 15) is 4.39 Å². The Bertz CT molecular complexity index is 394. The lowest BCUT2D eigenvalue weighted by atomic mass is 10.1. The molecule has 0 saturated heterocycles. The van der Waals surface area contributed by atoms with Crippen molar-refractivity contribution in [1.82, 2.24) is 10.2 Å². The lowest BCUT2D eigenvalue weighted by Gasteiger charge is -2.20. The van der Waals surface area contributed by atoms with Gasteiger partial charge in [0.25, 0.3) is 0 Å². The molecule has 0 fully saturated rings. The zero-order valence-electron chi connectivity index (χ0n) is 12.8. The van der Waals surface area contributed by atoms with E-state index in [2.05, 4.69) is 31.0 Å². The molecule has 0 amide bonds. The van der Waals surface area contributed by atoms with Crippen molar-refractivity contribution in [2.75, 3.05) is 19.6 Å². The third kappa shape index (κ3) is 6.21. The fourth-order valence-electron chi connectivity index (χ4n) is 2.23. The first-order chi connectivity index (χ1) is 9.56. The summed E-state index contributed by atoms with van der Waals surface area (Å²) in [6.45, 7) is 10.4. The van der Waals surface area contributed by atoms with Gasteiger partial charge >= 0.3 is 0 Å².